The summed E-state index contributed by atoms with van der Waals surface area (Å²) in [6.45, 7) is 0. The predicted octanol–water partition coefficient (Wildman–Crippen LogP) is 1.10. The van der Waals surface area contributed by atoms with Gasteiger partial charge in [0.2, 0.25) is 0 Å². The SMILES string of the molecule is CS(=O)(=O)/C=C/c1cccnc1. The number of hydrogen-bond donors (Lipinski definition) is 0. The first-order chi connectivity index (χ1) is 5.58. The van der Waals surface area contributed by atoms with Crippen molar-refractivity contribution in [3.05, 3.63) is 35.5 Å². The van der Waals surface area contributed by atoms with E-state index in [-0.39, 0.29) is 0 Å². The summed E-state index contributed by atoms with van der Waals surface area (Å²) in [6.07, 6.45) is 5.90. The minimum absolute atomic E-state index is 0.780. The molecule has 0 spiro atoms. The molecule has 0 bridgehead atoms. The van der Waals surface area contributed by atoms with Crippen molar-refractivity contribution < 1.29 is 8.42 Å². The number of pyridine rings is 1. The number of rotatable bonds is 2. The van der Waals surface area contributed by atoms with Crippen LogP contribution in [0.15, 0.2) is 29.9 Å². The summed E-state index contributed by atoms with van der Waals surface area (Å²) in [5.74, 6) is 0. The van der Waals surface area contributed by atoms with Crippen LogP contribution in [0.1, 0.15) is 5.56 Å². The maximum Gasteiger partial charge on any atom is 0.168 e. The van der Waals surface area contributed by atoms with Gasteiger partial charge in [-0.25, -0.2) is 8.42 Å². The third kappa shape index (κ3) is 3.30. The molecule has 1 aromatic rings. The van der Waals surface area contributed by atoms with E-state index in [9.17, 15) is 8.42 Å². The van der Waals surface area contributed by atoms with Crippen LogP contribution in [0.25, 0.3) is 6.08 Å². The Labute approximate surface area is 71.7 Å². The smallest absolute Gasteiger partial charge is 0.168 e. The largest absolute Gasteiger partial charge is 0.264 e. The Morgan fingerprint density at radius 3 is 2.75 bits per heavy atom. The molecule has 1 heterocycles. The molecule has 0 saturated carbocycles. The maximum absolute atomic E-state index is 10.7. The van der Waals surface area contributed by atoms with E-state index in [0.717, 1.165) is 17.2 Å². The van der Waals surface area contributed by atoms with Gasteiger partial charge in [-0.2, -0.15) is 0 Å². The molecule has 1 rings (SSSR count). The topological polar surface area (TPSA) is 47.0 Å². The van der Waals surface area contributed by atoms with Crippen molar-refractivity contribution in [2.75, 3.05) is 6.26 Å². The summed E-state index contributed by atoms with van der Waals surface area (Å²) in [6, 6.07) is 3.54. The predicted molar refractivity (Wildman–Crippen MR) is 48.1 cm³/mol. The van der Waals surface area contributed by atoms with Crippen molar-refractivity contribution in [1.82, 2.24) is 4.98 Å². The van der Waals surface area contributed by atoms with Gasteiger partial charge < -0.3 is 0 Å². The second-order valence-electron chi connectivity index (χ2n) is 2.42. The Kier molecular flexibility index (Phi) is 2.60. The zero-order chi connectivity index (χ0) is 9.03. The summed E-state index contributed by atoms with van der Waals surface area (Å²) in [5, 5.41) is 1.16. The lowest BCUT2D eigenvalue weighted by Gasteiger charge is -1.89. The van der Waals surface area contributed by atoms with Gasteiger partial charge in [0.25, 0.3) is 0 Å². The standard InChI is InChI=1S/C8H9NO2S/c1-12(10,11)6-4-8-3-2-5-9-7-8/h2-7H,1H3/b6-4+. The number of hydrogen-bond acceptors (Lipinski definition) is 3. The molecule has 0 saturated heterocycles. The first-order valence-corrected chi connectivity index (χ1v) is 5.31. The van der Waals surface area contributed by atoms with Gasteiger partial charge in [0, 0.05) is 24.1 Å². The third-order valence-corrected chi connectivity index (χ3v) is 1.82. The van der Waals surface area contributed by atoms with Crippen LogP contribution < -0.4 is 0 Å². The van der Waals surface area contributed by atoms with Crippen molar-refractivity contribution in [3.63, 3.8) is 0 Å². The highest BCUT2D eigenvalue weighted by atomic mass is 32.2. The van der Waals surface area contributed by atoms with Crippen LogP contribution in [0, 0.1) is 0 Å². The molecule has 0 atom stereocenters. The molecule has 64 valence electrons. The Balaban J connectivity index is 2.85. The minimum Gasteiger partial charge on any atom is -0.264 e. The lowest BCUT2D eigenvalue weighted by molar-refractivity contribution is 0.610. The van der Waals surface area contributed by atoms with Crippen LogP contribution in [0.5, 0.6) is 0 Å². The fraction of sp³-hybridized carbons (Fsp3) is 0.125. The van der Waals surface area contributed by atoms with Gasteiger partial charge >= 0.3 is 0 Å². The van der Waals surface area contributed by atoms with Crippen molar-refractivity contribution in [3.8, 4) is 0 Å². The molecular weight excluding hydrogens is 174 g/mol. The molecule has 0 aliphatic carbocycles. The number of sulfone groups is 1. The molecule has 0 aromatic carbocycles. The highest BCUT2D eigenvalue weighted by molar-refractivity contribution is 7.93. The van der Waals surface area contributed by atoms with Crippen LogP contribution in [0.3, 0.4) is 0 Å². The van der Waals surface area contributed by atoms with Crippen molar-refractivity contribution >= 4 is 15.9 Å². The second kappa shape index (κ2) is 3.49. The zero-order valence-electron chi connectivity index (χ0n) is 6.64. The van der Waals surface area contributed by atoms with Gasteiger partial charge in [-0.05, 0) is 17.7 Å². The molecular formula is C8H9NO2S. The molecule has 1 aromatic heterocycles. The van der Waals surface area contributed by atoms with Gasteiger partial charge in [-0.1, -0.05) is 6.07 Å². The van der Waals surface area contributed by atoms with E-state index in [1.807, 2.05) is 0 Å². The summed E-state index contributed by atoms with van der Waals surface area (Å²) in [7, 11) is -3.03. The van der Waals surface area contributed by atoms with Gasteiger partial charge in [-0.15, -0.1) is 0 Å². The third-order valence-electron chi connectivity index (χ3n) is 1.19. The van der Waals surface area contributed by atoms with Crippen LogP contribution in [-0.4, -0.2) is 19.7 Å². The highest BCUT2D eigenvalue weighted by Crippen LogP contribution is 2.00. The van der Waals surface area contributed by atoms with E-state index in [1.165, 1.54) is 6.08 Å². The zero-order valence-corrected chi connectivity index (χ0v) is 7.45. The lowest BCUT2D eigenvalue weighted by atomic mass is 10.3. The molecule has 0 amide bonds. The van der Waals surface area contributed by atoms with Crippen LogP contribution in [-0.2, 0) is 9.84 Å². The molecule has 0 fully saturated rings. The van der Waals surface area contributed by atoms with Gasteiger partial charge in [-0.3, -0.25) is 4.98 Å². The van der Waals surface area contributed by atoms with E-state index < -0.39 is 9.84 Å². The van der Waals surface area contributed by atoms with E-state index in [1.54, 1.807) is 24.5 Å². The summed E-state index contributed by atoms with van der Waals surface area (Å²) in [5.41, 5.74) is 0.780. The summed E-state index contributed by atoms with van der Waals surface area (Å²) in [4.78, 5) is 3.84. The van der Waals surface area contributed by atoms with Crippen LogP contribution >= 0.6 is 0 Å². The Morgan fingerprint density at radius 1 is 1.50 bits per heavy atom. The lowest BCUT2D eigenvalue weighted by Crippen LogP contribution is -1.87. The minimum atomic E-state index is -3.03. The monoisotopic (exact) mass is 183 g/mol. The van der Waals surface area contributed by atoms with E-state index in [4.69, 9.17) is 0 Å². The van der Waals surface area contributed by atoms with Crippen molar-refractivity contribution in [2.45, 2.75) is 0 Å². The van der Waals surface area contributed by atoms with Crippen LogP contribution in [0.2, 0.25) is 0 Å². The molecule has 0 aliphatic heterocycles. The van der Waals surface area contributed by atoms with Crippen molar-refractivity contribution in [2.24, 2.45) is 0 Å². The maximum atomic E-state index is 10.7. The molecule has 12 heavy (non-hydrogen) atoms. The number of aromatic nitrogens is 1. The molecule has 0 aliphatic rings. The Morgan fingerprint density at radius 2 is 2.25 bits per heavy atom. The molecule has 3 nitrogen and oxygen atoms in total. The Hall–Kier alpha value is -1.16. The van der Waals surface area contributed by atoms with Crippen LogP contribution in [0.4, 0.5) is 0 Å². The second-order valence-corrected chi connectivity index (χ2v) is 4.35. The quantitative estimate of drug-likeness (QED) is 0.689. The Bertz CT molecular complexity index is 367. The molecule has 0 unspecified atom stereocenters. The molecule has 0 N–H and O–H groups in total. The summed E-state index contributed by atoms with van der Waals surface area (Å²) >= 11 is 0. The first kappa shape index (κ1) is 8.93. The summed E-state index contributed by atoms with van der Waals surface area (Å²) < 4.78 is 21.4. The molecule has 4 heteroatoms. The fourth-order valence-electron chi connectivity index (χ4n) is 0.677. The highest BCUT2D eigenvalue weighted by Gasteiger charge is 1.92. The van der Waals surface area contributed by atoms with E-state index in [0.29, 0.717) is 0 Å². The number of nitrogens with zero attached hydrogens (tertiary/aromatic N) is 1. The van der Waals surface area contributed by atoms with Gasteiger partial charge in [0.1, 0.15) is 0 Å². The fourth-order valence-corrected chi connectivity index (χ4v) is 1.08. The van der Waals surface area contributed by atoms with Gasteiger partial charge in [0.05, 0.1) is 0 Å². The van der Waals surface area contributed by atoms with E-state index >= 15 is 0 Å². The molecule has 0 radical (unpaired) electrons. The van der Waals surface area contributed by atoms with Crippen molar-refractivity contribution in [1.29, 1.82) is 0 Å². The average Bonchev–Trinajstić information content (AvgIpc) is 2.02. The van der Waals surface area contributed by atoms with E-state index in [2.05, 4.69) is 4.98 Å². The normalized spacial score (nSPS) is 12.1. The van der Waals surface area contributed by atoms with Gasteiger partial charge in [0.15, 0.2) is 9.84 Å². The first-order valence-electron chi connectivity index (χ1n) is 3.36. The average molecular weight is 183 g/mol.